The van der Waals surface area contributed by atoms with Crippen LogP contribution in [0.15, 0.2) is 0 Å². The van der Waals surface area contributed by atoms with Gasteiger partial charge in [-0.15, -0.1) is 0 Å². The molecule has 0 rings (SSSR count). The third-order valence-electron chi connectivity index (χ3n) is 1.13. The molecule has 10 heavy (non-hydrogen) atoms. The zero-order chi connectivity index (χ0) is 7.44. The average molecular weight is 139 g/mol. The van der Waals surface area contributed by atoms with Crippen molar-refractivity contribution in [3.05, 3.63) is 10.1 Å². The Kier molecular flexibility index (Phi) is 6.74. The van der Waals surface area contributed by atoms with Crippen LogP contribution in [0.2, 0.25) is 0 Å². The van der Waals surface area contributed by atoms with Crippen molar-refractivity contribution in [2.75, 3.05) is 0 Å². The summed E-state index contributed by atoms with van der Waals surface area (Å²) in [6.07, 6.45) is 0.238. The van der Waals surface area contributed by atoms with Gasteiger partial charge in [0.25, 0.3) is 6.04 Å². The summed E-state index contributed by atoms with van der Waals surface area (Å²) in [6, 6.07) is -1.03. The molecule has 0 bridgehead atoms. The van der Waals surface area contributed by atoms with Crippen molar-refractivity contribution in [3.8, 4) is 0 Å². The van der Waals surface area contributed by atoms with Gasteiger partial charge in [-0.2, -0.15) is 0 Å². The molecule has 0 aliphatic rings. The fraction of sp³-hybridized carbons (Fsp3) is 0.800. The van der Waals surface area contributed by atoms with E-state index in [4.69, 9.17) is 0 Å². The maximum Gasteiger partial charge on any atom is 1.00 e. The number of carbonyl (C=O) groups excluding carboxylic acids is 1. The standard InChI is InChI=1S/C5H9NO3.Li.H/c1-3-5(7)4(2)6(8)9;;/h4H,3H2,1-2H3;;/q;+1;-1. The smallest absolute Gasteiger partial charge is 1.00 e. The summed E-state index contributed by atoms with van der Waals surface area (Å²) >= 11 is 0. The molecule has 0 amide bonds. The Bertz CT molecular complexity index is 142. The third-order valence-corrected chi connectivity index (χ3v) is 1.13. The van der Waals surface area contributed by atoms with E-state index in [0.717, 1.165) is 0 Å². The second kappa shape index (κ2) is 5.45. The van der Waals surface area contributed by atoms with Crippen molar-refractivity contribution >= 4 is 5.78 Å². The molecule has 0 heterocycles. The van der Waals surface area contributed by atoms with Gasteiger partial charge in [0.05, 0.1) is 0 Å². The SMILES string of the molecule is CCC(=O)C(C)[N+](=O)[O-].[H-].[Li+]. The number of carbonyl (C=O) groups is 1. The Morgan fingerprint density at radius 1 is 1.80 bits per heavy atom. The first kappa shape index (κ1) is 12.4. The number of rotatable bonds is 3. The number of ketones is 1. The molecule has 1 unspecified atom stereocenters. The maximum atomic E-state index is 10.5. The molecule has 0 aromatic heterocycles. The fourth-order valence-corrected chi connectivity index (χ4v) is 0.413. The van der Waals surface area contributed by atoms with Crippen LogP contribution in [0.25, 0.3) is 0 Å². The van der Waals surface area contributed by atoms with E-state index in [1.807, 2.05) is 0 Å². The van der Waals surface area contributed by atoms with Crippen LogP contribution in [0.3, 0.4) is 0 Å². The quantitative estimate of drug-likeness (QED) is 0.252. The van der Waals surface area contributed by atoms with Crippen LogP contribution in [0.4, 0.5) is 0 Å². The van der Waals surface area contributed by atoms with E-state index in [-0.39, 0.29) is 32.5 Å². The van der Waals surface area contributed by atoms with Crippen molar-refractivity contribution in [1.82, 2.24) is 0 Å². The van der Waals surface area contributed by atoms with Gasteiger partial charge in [-0.05, 0) is 0 Å². The Balaban J connectivity index is -0.000000320. The minimum atomic E-state index is -1.03. The summed E-state index contributed by atoms with van der Waals surface area (Å²) in [7, 11) is 0. The molecule has 0 radical (unpaired) electrons. The van der Waals surface area contributed by atoms with E-state index >= 15 is 0 Å². The number of nitro groups is 1. The minimum absolute atomic E-state index is 0. The summed E-state index contributed by atoms with van der Waals surface area (Å²) in [4.78, 5) is 19.8. The van der Waals surface area contributed by atoms with E-state index in [1.165, 1.54) is 6.92 Å². The van der Waals surface area contributed by atoms with Crippen LogP contribution in [-0.4, -0.2) is 16.7 Å². The van der Waals surface area contributed by atoms with Crippen LogP contribution in [0.1, 0.15) is 21.7 Å². The summed E-state index contributed by atoms with van der Waals surface area (Å²) in [5.74, 6) is -0.319. The fourth-order valence-electron chi connectivity index (χ4n) is 0.413. The summed E-state index contributed by atoms with van der Waals surface area (Å²) in [5, 5.41) is 9.88. The molecule has 0 saturated heterocycles. The van der Waals surface area contributed by atoms with Crippen molar-refractivity contribution in [1.29, 1.82) is 0 Å². The van der Waals surface area contributed by atoms with Gasteiger partial charge in [0.15, 0.2) is 0 Å². The van der Waals surface area contributed by atoms with Crippen LogP contribution >= 0.6 is 0 Å². The van der Waals surface area contributed by atoms with Crippen molar-refractivity contribution in [2.45, 2.75) is 26.3 Å². The first-order valence-electron chi connectivity index (χ1n) is 2.75. The number of nitrogens with zero attached hydrogens (tertiary/aromatic N) is 1. The molecule has 0 aliphatic carbocycles. The van der Waals surface area contributed by atoms with E-state index in [2.05, 4.69) is 0 Å². The van der Waals surface area contributed by atoms with Gasteiger partial charge < -0.3 is 1.43 Å². The van der Waals surface area contributed by atoms with E-state index in [1.54, 1.807) is 6.92 Å². The second-order valence-electron chi connectivity index (χ2n) is 1.78. The predicted octanol–water partition coefficient (Wildman–Crippen LogP) is -2.25. The van der Waals surface area contributed by atoms with Crippen LogP contribution in [0.5, 0.6) is 0 Å². The molecule has 0 aliphatic heterocycles. The molecule has 5 heteroatoms. The second-order valence-corrected chi connectivity index (χ2v) is 1.78. The molecule has 0 aromatic rings. The van der Waals surface area contributed by atoms with Gasteiger partial charge in [0, 0.05) is 18.3 Å². The molecule has 1 atom stereocenters. The van der Waals surface area contributed by atoms with Crippen molar-refractivity contribution in [2.24, 2.45) is 0 Å². The van der Waals surface area contributed by atoms with Crippen molar-refractivity contribution in [3.63, 3.8) is 0 Å². The Hall–Kier alpha value is -0.333. The molecular weight excluding hydrogens is 129 g/mol. The number of hydrogen-bond acceptors (Lipinski definition) is 3. The van der Waals surface area contributed by atoms with E-state index < -0.39 is 11.0 Å². The Labute approximate surface area is 72.8 Å². The number of Topliss-reactive ketones (excluding diaryl/α,β-unsaturated/α-hetero) is 1. The predicted molar refractivity (Wildman–Crippen MR) is 32.9 cm³/mol. The van der Waals surface area contributed by atoms with Crippen LogP contribution < -0.4 is 18.9 Å². The van der Waals surface area contributed by atoms with E-state index in [0.29, 0.717) is 0 Å². The van der Waals surface area contributed by atoms with Gasteiger partial charge in [0.1, 0.15) is 0 Å². The third kappa shape index (κ3) is 3.65. The van der Waals surface area contributed by atoms with E-state index in [9.17, 15) is 14.9 Å². The zero-order valence-electron chi connectivity index (χ0n) is 7.46. The Morgan fingerprint density at radius 3 is 2.30 bits per heavy atom. The molecule has 4 nitrogen and oxygen atoms in total. The number of hydrogen-bond donors (Lipinski definition) is 0. The van der Waals surface area contributed by atoms with Gasteiger partial charge in [0.2, 0.25) is 5.78 Å². The Morgan fingerprint density at radius 2 is 2.20 bits per heavy atom. The molecule has 0 saturated carbocycles. The molecule has 0 aromatic carbocycles. The summed E-state index contributed by atoms with van der Waals surface area (Å²) < 4.78 is 0. The van der Waals surface area contributed by atoms with Crippen LogP contribution in [0, 0.1) is 10.1 Å². The normalized spacial score (nSPS) is 11.4. The molecule has 0 fully saturated rings. The van der Waals surface area contributed by atoms with Gasteiger partial charge in [-0.3, -0.25) is 14.9 Å². The molecule has 54 valence electrons. The monoisotopic (exact) mass is 139 g/mol. The molecule has 0 N–H and O–H groups in total. The topological polar surface area (TPSA) is 60.2 Å². The first-order valence-corrected chi connectivity index (χ1v) is 2.75. The van der Waals surface area contributed by atoms with Gasteiger partial charge in [-0.25, -0.2) is 0 Å². The molecule has 0 spiro atoms. The maximum absolute atomic E-state index is 10.5. The summed E-state index contributed by atoms with van der Waals surface area (Å²) in [6.45, 7) is 2.91. The average Bonchev–Trinajstić information content (AvgIpc) is 1.84. The minimum Gasteiger partial charge on any atom is -1.00 e. The largest absolute Gasteiger partial charge is 1.00 e. The van der Waals surface area contributed by atoms with Gasteiger partial charge >= 0.3 is 18.9 Å². The summed E-state index contributed by atoms with van der Waals surface area (Å²) in [5.41, 5.74) is 0. The van der Waals surface area contributed by atoms with Gasteiger partial charge in [-0.1, -0.05) is 6.92 Å². The zero-order valence-corrected chi connectivity index (χ0v) is 6.46. The van der Waals surface area contributed by atoms with Crippen LogP contribution in [-0.2, 0) is 4.79 Å². The molecular formula is C5H10LiNO3. The van der Waals surface area contributed by atoms with Crippen molar-refractivity contribution < 1.29 is 30.0 Å². The first-order chi connectivity index (χ1) is 4.09.